The van der Waals surface area contributed by atoms with Gasteiger partial charge < -0.3 is 10.5 Å². The van der Waals surface area contributed by atoms with Crippen LogP contribution in [0, 0.1) is 6.92 Å². The molecule has 1 aromatic heterocycles. The maximum Gasteiger partial charge on any atom is 0.340 e. The molecule has 18 heavy (non-hydrogen) atoms. The molecule has 0 fully saturated rings. The van der Waals surface area contributed by atoms with E-state index in [2.05, 4.69) is 4.98 Å². The van der Waals surface area contributed by atoms with Crippen LogP contribution in [0.1, 0.15) is 21.5 Å². The van der Waals surface area contributed by atoms with Gasteiger partial charge in [0.05, 0.1) is 5.56 Å². The average molecular weight is 242 g/mol. The van der Waals surface area contributed by atoms with E-state index in [1.54, 1.807) is 36.7 Å². The highest BCUT2D eigenvalue weighted by atomic mass is 16.5. The minimum atomic E-state index is -0.409. The van der Waals surface area contributed by atoms with Crippen molar-refractivity contribution in [3.8, 4) is 0 Å². The van der Waals surface area contributed by atoms with Gasteiger partial charge in [0.2, 0.25) is 0 Å². The average Bonchev–Trinajstić information content (AvgIpc) is 2.40. The topological polar surface area (TPSA) is 65.2 Å². The van der Waals surface area contributed by atoms with Crippen LogP contribution in [-0.4, -0.2) is 11.0 Å². The number of rotatable bonds is 3. The summed E-state index contributed by atoms with van der Waals surface area (Å²) in [6.07, 6.45) is 3.31. The highest BCUT2D eigenvalue weighted by molar-refractivity contribution is 5.95. The Bertz CT molecular complexity index is 553. The van der Waals surface area contributed by atoms with Gasteiger partial charge in [0, 0.05) is 18.1 Å². The van der Waals surface area contributed by atoms with Crippen molar-refractivity contribution >= 4 is 11.7 Å². The molecule has 1 aromatic carbocycles. The molecule has 2 aromatic rings. The predicted molar refractivity (Wildman–Crippen MR) is 68.9 cm³/mol. The summed E-state index contributed by atoms with van der Waals surface area (Å²) in [5.74, 6) is -0.409. The van der Waals surface area contributed by atoms with Crippen LogP contribution < -0.4 is 5.73 Å². The molecule has 2 N–H and O–H groups in total. The summed E-state index contributed by atoms with van der Waals surface area (Å²) < 4.78 is 5.20. The van der Waals surface area contributed by atoms with Crippen molar-refractivity contribution in [1.29, 1.82) is 0 Å². The van der Waals surface area contributed by atoms with Crippen LogP contribution in [0.3, 0.4) is 0 Å². The van der Waals surface area contributed by atoms with E-state index in [0.29, 0.717) is 11.3 Å². The van der Waals surface area contributed by atoms with E-state index in [4.69, 9.17) is 10.5 Å². The smallest absolute Gasteiger partial charge is 0.340 e. The molecule has 2 rings (SSSR count). The Morgan fingerprint density at radius 1 is 1.28 bits per heavy atom. The zero-order valence-corrected chi connectivity index (χ0v) is 10.1. The molecule has 92 valence electrons. The van der Waals surface area contributed by atoms with Crippen molar-refractivity contribution in [1.82, 2.24) is 4.98 Å². The van der Waals surface area contributed by atoms with Crippen LogP contribution in [0.4, 0.5) is 5.69 Å². The molecule has 0 bridgehead atoms. The molecule has 0 saturated carbocycles. The Hall–Kier alpha value is -2.36. The van der Waals surface area contributed by atoms with Gasteiger partial charge in [-0.3, -0.25) is 4.98 Å². The summed E-state index contributed by atoms with van der Waals surface area (Å²) in [6, 6.07) is 8.89. The molecule has 1 heterocycles. The number of ether oxygens (including phenoxy) is 1. The molecule has 0 unspecified atom stereocenters. The first-order valence-corrected chi connectivity index (χ1v) is 5.59. The van der Waals surface area contributed by atoms with Crippen molar-refractivity contribution in [3.63, 3.8) is 0 Å². The number of carbonyl (C=O) groups is 1. The van der Waals surface area contributed by atoms with E-state index in [1.165, 1.54) is 0 Å². The minimum absolute atomic E-state index is 0.217. The second-order valence-corrected chi connectivity index (χ2v) is 4.02. The SMILES string of the molecule is Cc1ccc(N)c(C(=O)OCc2ccncc2)c1. The first-order chi connectivity index (χ1) is 8.66. The van der Waals surface area contributed by atoms with Gasteiger partial charge in [-0.1, -0.05) is 11.6 Å². The maximum absolute atomic E-state index is 11.9. The van der Waals surface area contributed by atoms with E-state index in [1.807, 2.05) is 13.0 Å². The summed E-state index contributed by atoms with van der Waals surface area (Å²) in [4.78, 5) is 15.8. The van der Waals surface area contributed by atoms with Gasteiger partial charge in [0.25, 0.3) is 0 Å². The molecular formula is C14H14N2O2. The Labute approximate surface area is 105 Å². The van der Waals surface area contributed by atoms with Gasteiger partial charge in [-0.25, -0.2) is 4.79 Å². The fourth-order valence-electron chi connectivity index (χ4n) is 1.55. The Morgan fingerprint density at radius 3 is 2.72 bits per heavy atom. The van der Waals surface area contributed by atoms with Crippen LogP contribution in [0.2, 0.25) is 0 Å². The molecule has 4 nitrogen and oxygen atoms in total. The molecule has 0 saturated heterocycles. The summed E-state index contributed by atoms with van der Waals surface area (Å²) >= 11 is 0. The lowest BCUT2D eigenvalue weighted by Gasteiger charge is -2.07. The fraction of sp³-hybridized carbons (Fsp3) is 0.143. The van der Waals surface area contributed by atoms with Crippen molar-refractivity contribution < 1.29 is 9.53 Å². The molecule has 4 heteroatoms. The maximum atomic E-state index is 11.9. The van der Waals surface area contributed by atoms with Crippen LogP contribution in [0.15, 0.2) is 42.7 Å². The molecule has 0 aliphatic heterocycles. The number of aryl methyl sites for hydroxylation is 1. The summed E-state index contributed by atoms with van der Waals surface area (Å²) in [7, 11) is 0. The number of anilines is 1. The highest BCUT2D eigenvalue weighted by Gasteiger charge is 2.11. The quantitative estimate of drug-likeness (QED) is 0.662. The van der Waals surface area contributed by atoms with E-state index < -0.39 is 5.97 Å². The van der Waals surface area contributed by atoms with Crippen LogP contribution in [-0.2, 0) is 11.3 Å². The van der Waals surface area contributed by atoms with E-state index in [-0.39, 0.29) is 6.61 Å². The summed E-state index contributed by atoms with van der Waals surface area (Å²) in [5, 5.41) is 0. The summed E-state index contributed by atoms with van der Waals surface area (Å²) in [6.45, 7) is 2.12. The third kappa shape index (κ3) is 2.85. The van der Waals surface area contributed by atoms with Gasteiger partial charge in [-0.05, 0) is 36.8 Å². The number of nitrogens with two attached hydrogens (primary N) is 1. The number of benzene rings is 1. The Morgan fingerprint density at radius 2 is 2.00 bits per heavy atom. The standard InChI is InChI=1S/C14H14N2O2/c1-10-2-3-13(15)12(8-10)14(17)18-9-11-4-6-16-7-5-11/h2-8H,9,15H2,1H3. The van der Waals surface area contributed by atoms with Crippen LogP contribution >= 0.6 is 0 Å². The van der Waals surface area contributed by atoms with Crippen molar-refractivity contribution in [3.05, 3.63) is 59.4 Å². The number of esters is 1. The Balaban J connectivity index is 2.06. The van der Waals surface area contributed by atoms with E-state index in [9.17, 15) is 4.79 Å². The number of pyridine rings is 1. The van der Waals surface area contributed by atoms with E-state index in [0.717, 1.165) is 11.1 Å². The fourth-order valence-corrected chi connectivity index (χ4v) is 1.55. The van der Waals surface area contributed by atoms with Gasteiger partial charge >= 0.3 is 5.97 Å². The minimum Gasteiger partial charge on any atom is -0.457 e. The lowest BCUT2D eigenvalue weighted by Crippen LogP contribution is -2.08. The third-order valence-electron chi connectivity index (χ3n) is 2.55. The summed E-state index contributed by atoms with van der Waals surface area (Å²) in [5.41, 5.74) is 8.45. The molecule has 0 atom stereocenters. The third-order valence-corrected chi connectivity index (χ3v) is 2.55. The van der Waals surface area contributed by atoms with Crippen molar-refractivity contribution in [2.24, 2.45) is 0 Å². The zero-order valence-electron chi connectivity index (χ0n) is 10.1. The first kappa shape index (κ1) is 12.1. The lowest BCUT2D eigenvalue weighted by molar-refractivity contribution is 0.0474. The van der Waals surface area contributed by atoms with Crippen LogP contribution in [0.25, 0.3) is 0 Å². The van der Waals surface area contributed by atoms with Crippen LogP contribution in [0.5, 0.6) is 0 Å². The second-order valence-electron chi connectivity index (χ2n) is 4.02. The van der Waals surface area contributed by atoms with E-state index >= 15 is 0 Å². The van der Waals surface area contributed by atoms with Crippen molar-refractivity contribution in [2.75, 3.05) is 5.73 Å². The number of nitrogen functional groups attached to an aromatic ring is 1. The lowest BCUT2D eigenvalue weighted by atomic mass is 10.1. The monoisotopic (exact) mass is 242 g/mol. The number of hydrogen-bond donors (Lipinski definition) is 1. The largest absolute Gasteiger partial charge is 0.457 e. The normalized spacial score (nSPS) is 10.1. The zero-order chi connectivity index (χ0) is 13.0. The first-order valence-electron chi connectivity index (χ1n) is 5.59. The predicted octanol–water partition coefficient (Wildman–Crippen LogP) is 2.33. The van der Waals surface area contributed by atoms with Gasteiger partial charge in [-0.15, -0.1) is 0 Å². The van der Waals surface area contributed by atoms with Gasteiger partial charge in [0.15, 0.2) is 0 Å². The molecule has 0 aliphatic rings. The number of aromatic nitrogens is 1. The van der Waals surface area contributed by atoms with Crippen molar-refractivity contribution in [2.45, 2.75) is 13.5 Å². The molecule has 0 spiro atoms. The Kier molecular flexibility index (Phi) is 3.57. The van der Waals surface area contributed by atoms with Gasteiger partial charge in [-0.2, -0.15) is 0 Å². The molecule has 0 amide bonds. The molecule has 0 radical (unpaired) electrons. The molecular weight excluding hydrogens is 228 g/mol. The highest BCUT2D eigenvalue weighted by Crippen LogP contribution is 2.15. The number of nitrogens with zero attached hydrogens (tertiary/aromatic N) is 1. The number of carbonyl (C=O) groups excluding carboxylic acids is 1. The molecule has 0 aliphatic carbocycles. The van der Waals surface area contributed by atoms with Gasteiger partial charge in [0.1, 0.15) is 6.61 Å². The number of hydrogen-bond acceptors (Lipinski definition) is 4. The second kappa shape index (κ2) is 5.31.